The molecule has 1 saturated heterocycles. The van der Waals surface area contributed by atoms with Crippen LogP contribution < -0.4 is 10.1 Å². The molecule has 1 saturated carbocycles. The second-order valence-electron chi connectivity index (χ2n) is 7.13. The minimum atomic E-state index is -4.66. The van der Waals surface area contributed by atoms with Gasteiger partial charge in [-0.25, -0.2) is 9.97 Å². The third-order valence-corrected chi connectivity index (χ3v) is 4.80. The van der Waals surface area contributed by atoms with Gasteiger partial charge in [0, 0.05) is 37.8 Å². The van der Waals surface area contributed by atoms with Gasteiger partial charge in [-0.2, -0.15) is 0 Å². The maximum Gasteiger partial charge on any atom is 0.573 e. The zero-order chi connectivity index (χ0) is 18.9. The van der Waals surface area contributed by atoms with E-state index in [4.69, 9.17) is 0 Å². The first kappa shape index (κ1) is 18.0. The van der Waals surface area contributed by atoms with Crippen LogP contribution in [0.3, 0.4) is 0 Å². The van der Waals surface area contributed by atoms with Crippen molar-refractivity contribution in [3.63, 3.8) is 0 Å². The van der Waals surface area contributed by atoms with Crippen molar-refractivity contribution >= 4 is 5.82 Å². The van der Waals surface area contributed by atoms with Crippen molar-refractivity contribution in [1.29, 1.82) is 0 Å². The number of halogens is 3. The van der Waals surface area contributed by atoms with Gasteiger partial charge in [-0.3, -0.25) is 4.90 Å². The lowest BCUT2D eigenvalue weighted by atomic mass is 10.2. The van der Waals surface area contributed by atoms with E-state index in [2.05, 4.69) is 24.9 Å². The molecule has 2 fully saturated rings. The van der Waals surface area contributed by atoms with Gasteiger partial charge in [-0.1, -0.05) is 12.1 Å². The molecular weight excluding hydrogens is 357 g/mol. The lowest BCUT2D eigenvalue weighted by molar-refractivity contribution is -0.274. The number of rotatable bonds is 6. The Hall–Kier alpha value is -2.35. The van der Waals surface area contributed by atoms with E-state index in [-0.39, 0.29) is 5.75 Å². The Labute approximate surface area is 155 Å². The molecule has 144 valence electrons. The Morgan fingerprint density at radius 1 is 1.11 bits per heavy atom. The number of hydrogen-bond acceptors (Lipinski definition) is 5. The monoisotopic (exact) mass is 378 g/mol. The van der Waals surface area contributed by atoms with Crippen molar-refractivity contribution in [3.8, 4) is 5.75 Å². The smallest absolute Gasteiger partial charge is 0.406 e. The molecule has 2 aliphatic rings. The number of nitrogens with zero attached hydrogens (tertiary/aromatic N) is 3. The van der Waals surface area contributed by atoms with E-state index in [1.54, 1.807) is 18.3 Å². The summed E-state index contributed by atoms with van der Waals surface area (Å²) >= 11 is 0. The van der Waals surface area contributed by atoms with Gasteiger partial charge in [0.2, 0.25) is 0 Å². The Balaban J connectivity index is 1.29. The average Bonchev–Trinajstić information content (AvgIpc) is 3.38. The van der Waals surface area contributed by atoms with Crippen LogP contribution in [-0.4, -0.2) is 40.4 Å². The first-order valence-corrected chi connectivity index (χ1v) is 9.11. The molecule has 2 heterocycles. The second-order valence-corrected chi connectivity index (χ2v) is 7.13. The van der Waals surface area contributed by atoms with Crippen LogP contribution in [0.1, 0.15) is 36.6 Å². The number of anilines is 1. The summed E-state index contributed by atoms with van der Waals surface area (Å²) in [6.07, 6.45) is 0.495. The Morgan fingerprint density at radius 2 is 1.89 bits per heavy atom. The van der Waals surface area contributed by atoms with Crippen molar-refractivity contribution in [2.24, 2.45) is 0 Å². The summed E-state index contributed by atoms with van der Waals surface area (Å²) in [6.45, 7) is 2.49. The van der Waals surface area contributed by atoms with Crippen molar-refractivity contribution in [3.05, 3.63) is 47.9 Å². The lowest BCUT2D eigenvalue weighted by Gasteiger charge is -2.17. The highest BCUT2D eigenvalue weighted by molar-refractivity contribution is 5.36. The molecule has 0 radical (unpaired) electrons. The number of hydrogen-bond donors (Lipinski definition) is 1. The van der Waals surface area contributed by atoms with E-state index < -0.39 is 6.36 Å². The van der Waals surface area contributed by atoms with Gasteiger partial charge in [0.25, 0.3) is 0 Å². The fourth-order valence-corrected chi connectivity index (χ4v) is 3.35. The van der Waals surface area contributed by atoms with Gasteiger partial charge in [-0.15, -0.1) is 13.2 Å². The molecule has 1 aliphatic heterocycles. The van der Waals surface area contributed by atoms with Crippen molar-refractivity contribution in [1.82, 2.24) is 14.9 Å². The first-order chi connectivity index (χ1) is 12.9. The van der Waals surface area contributed by atoms with Crippen LogP contribution in [0, 0.1) is 0 Å². The van der Waals surface area contributed by atoms with Crippen LogP contribution in [0.5, 0.6) is 5.75 Å². The molecule has 1 aromatic carbocycles. The largest absolute Gasteiger partial charge is 0.573 e. The molecule has 1 atom stereocenters. The van der Waals surface area contributed by atoms with Crippen LogP contribution in [-0.2, 0) is 6.54 Å². The van der Waals surface area contributed by atoms with E-state index in [9.17, 15) is 13.2 Å². The Morgan fingerprint density at radius 3 is 2.59 bits per heavy atom. The van der Waals surface area contributed by atoms with Gasteiger partial charge in [0.15, 0.2) is 0 Å². The predicted molar refractivity (Wildman–Crippen MR) is 94.4 cm³/mol. The number of likely N-dealkylation sites (tertiary alicyclic amines) is 1. The van der Waals surface area contributed by atoms with Crippen LogP contribution >= 0.6 is 0 Å². The molecule has 0 bridgehead atoms. The molecular formula is C19H21F3N4O. The molecule has 1 aromatic heterocycles. The lowest BCUT2D eigenvalue weighted by Crippen LogP contribution is -2.26. The zero-order valence-corrected chi connectivity index (χ0v) is 14.7. The summed E-state index contributed by atoms with van der Waals surface area (Å²) in [6, 6.07) is 8.26. The molecule has 0 amide bonds. The minimum Gasteiger partial charge on any atom is -0.406 e. The molecule has 2 aromatic rings. The van der Waals surface area contributed by atoms with Crippen molar-refractivity contribution in [2.45, 2.75) is 44.1 Å². The van der Waals surface area contributed by atoms with Gasteiger partial charge >= 0.3 is 6.36 Å². The van der Waals surface area contributed by atoms with Crippen molar-refractivity contribution < 1.29 is 17.9 Å². The van der Waals surface area contributed by atoms with Crippen molar-refractivity contribution in [2.75, 3.05) is 18.4 Å². The summed E-state index contributed by atoms with van der Waals surface area (Å²) in [7, 11) is 0. The quantitative estimate of drug-likeness (QED) is 0.825. The molecule has 5 nitrogen and oxygen atoms in total. The van der Waals surface area contributed by atoms with Gasteiger partial charge in [0.1, 0.15) is 17.4 Å². The van der Waals surface area contributed by atoms with E-state index in [1.807, 2.05) is 6.07 Å². The molecule has 1 N–H and O–H groups in total. The standard InChI is InChI=1S/C19H21F3N4O/c20-19(21,22)27-16-5-1-13(2-6-16)11-26-10-8-15(12-26)24-17-7-9-23-18(25-17)14-3-4-14/h1-2,5-7,9,14-15H,3-4,8,10-12H2,(H,23,24,25). The predicted octanol–water partition coefficient (Wildman–Crippen LogP) is 3.94. The Kier molecular flexibility index (Phi) is 4.90. The fraction of sp³-hybridized carbons (Fsp3) is 0.474. The van der Waals surface area contributed by atoms with E-state index in [0.717, 1.165) is 36.7 Å². The highest BCUT2D eigenvalue weighted by Gasteiger charge is 2.31. The van der Waals surface area contributed by atoms with E-state index >= 15 is 0 Å². The Bertz CT molecular complexity index is 777. The first-order valence-electron chi connectivity index (χ1n) is 9.11. The van der Waals surface area contributed by atoms with Crippen LogP contribution in [0.25, 0.3) is 0 Å². The van der Waals surface area contributed by atoms with E-state index in [0.29, 0.717) is 18.5 Å². The summed E-state index contributed by atoms with van der Waals surface area (Å²) in [5, 5.41) is 3.48. The highest BCUT2D eigenvalue weighted by Crippen LogP contribution is 2.38. The summed E-state index contributed by atoms with van der Waals surface area (Å²) < 4.78 is 40.6. The van der Waals surface area contributed by atoms with Gasteiger partial charge in [0.05, 0.1) is 0 Å². The topological polar surface area (TPSA) is 50.3 Å². The third-order valence-electron chi connectivity index (χ3n) is 4.80. The molecule has 27 heavy (non-hydrogen) atoms. The second kappa shape index (κ2) is 7.34. The maximum absolute atomic E-state index is 12.2. The van der Waals surface area contributed by atoms with E-state index in [1.165, 1.54) is 25.0 Å². The molecule has 0 spiro atoms. The maximum atomic E-state index is 12.2. The number of alkyl halides is 3. The summed E-state index contributed by atoms with van der Waals surface area (Å²) in [4.78, 5) is 11.2. The number of ether oxygens (including phenoxy) is 1. The van der Waals surface area contributed by atoms with Crippen LogP contribution in [0.15, 0.2) is 36.5 Å². The average molecular weight is 378 g/mol. The summed E-state index contributed by atoms with van der Waals surface area (Å²) in [5.41, 5.74) is 0.961. The van der Waals surface area contributed by atoms with Crippen LogP contribution in [0.4, 0.5) is 19.0 Å². The molecule has 1 unspecified atom stereocenters. The highest BCUT2D eigenvalue weighted by atomic mass is 19.4. The normalized spacial score (nSPS) is 20.6. The van der Waals surface area contributed by atoms with Gasteiger partial charge in [-0.05, 0) is 43.0 Å². The number of nitrogens with one attached hydrogen (secondary N) is 1. The molecule has 4 rings (SSSR count). The molecule has 1 aliphatic carbocycles. The minimum absolute atomic E-state index is 0.192. The zero-order valence-electron chi connectivity index (χ0n) is 14.7. The van der Waals surface area contributed by atoms with Gasteiger partial charge < -0.3 is 10.1 Å². The number of aromatic nitrogens is 2. The SMILES string of the molecule is FC(F)(F)Oc1ccc(CN2CCC(Nc3ccnc(C4CC4)n3)C2)cc1. The number of benzene rings is 1. The third kappa shape index (κ3) is 5.09. The molecule has 8 heteroatoms. The fourth-order valence-electron chi connectivity index (χ4n) is 3.35. The summed E-state index contributed by atoms with van der Waals surface area (Å²) in [5.74, 6) is 2.13. The van der Waals surface area contributed by atoms with Crippen LogP contribution in [0.2, 0.25) is 0 Å².